The molecular formula is C12H18FN3OS. The predicted molar refractivity (Wildman–Crippen MR) is 73.6 cm³/mol. The fraction of sp³-hybridized carbons (Fsp3) is 0.500. The van der Waals surface area contributed by atoms with Crippen LogP contribution < -0.4 is 10.6 Å². The number of carbonyl (C=O) groups excluding carboxylic acids is 1. The third-order valence-electron chi connectivity index (χ3n) is 2.43. The van der Waals surface area contributed by atoms with E-state index >= 15 is 0 Å². The van der Waals surface area contributed by atoms with E-state index in [-0.39, 0.29) is 11.4 Å². The van der Waals surface area contributed by atoms with Gasteiger partial charge in [-0.15, -0.1) is 0 Å². The lowest BCUT2D eigenvalue weighted by Crippen LogP contribution is -2.30. The van der Waals surface area contributed by atoms with E-state index in [1.807, 2.05) is 13.2 Å². The molecule has 0 saturated heterocycles. The second-order valence-electron chi connectivity index (χ2n) is 4.04. The van der Waals surface area contributed by atoms with E-state index in [0.717, 1.165) is 5.75 Å². The van der Waals surface area contributed by atoms with Crippen molar-refractivity contribution in [2.75, 3.05) is 30.9 Å². The molecule has 0 spiro atoms. The van der Waals surface area contributed by atoms with Gasteiger partial charge in [0, 0.05) is 19.8 Å². The Hall–Kier alpha value is -1.30. The first-order valence-electron chi connectivity index (χ1n) is 5.69. The molecule has 0 bridgehead atoms. The van der Waals surface area contributed by atoms with Crippen molar-refractivity contribution >= 4 is 23.5 Å². The van der Waals surface area contributed by atoms with Crippen LogP contribution in [0.15, 0.2) is 12.3 Å². The molecule has 0 aliphatic carbocycles. The number of hydrogen-bond acceptors (Lipinski definition) is 4. The number of nitrogens with zero attached hydrogens (tertiary/aromatic N) is 1. The molecule has 1 aromatic rings. The topological polar surface area (TPSA) is 54.0 Å². The summed E-state index contributed by atoms with van der Waals surface area (Å²) in [6.45, 7) is 2.58. The van der Waals surface area contributed by atoms with E-state index < -0.39 is 11.7 Å². The minimum atomic E-state index is -0.616. The molecule has 1 rings (SSSR count). The molecule has 0 fully saturated rings. The number of anilines is 1. The lowest BCUT2D eigenvalue weighted by molar-refractivity contribution is 0.0945. The van der Waals surface area contributed by atoms with Crippen molar-refractivity contribution in [3.63, 3.8) is 0 Å². The number of thioether (sulfide) groups is 1. The minimum Gasteiger partial charge on any atom is -0.371 e. The summed E-state index contributed by atoms with van der Waals surface area (Å²) in [6.07, 6.45) is 3.43. The van der Waals surface area contributed by atoms with Crippen LogP contribution in [0.25, 0.3) is 0 Å². The molecule has 1 heterocycles. The van der Waals surface area contributed by atoms with Crippen molar-refractivity contribution < 1.29 is 9.18 Å². The van der Waals surface area contributed by atoms with Crippen LogP contribution in [-0.2, 0) is 0 Å². The van der Waals surface area contributed by atoms with Gasteiger partial charge in [-0.25, -0.2) is 9.37 Å². The maximum absolute atomic E-state index is 13.8. The van der Waals surface area contributed by atoms with E-state index in [9.17, 15) is 9.18 Å². The van der Waals surface area contributed by atoms with Crippen molar-refractivity contribution in [1.82, 2.24) is 10.3 Å². The standard InChI is InChI=1S/C12H18FN3OS/c1-8(7-18-3)6-16-12(17)9-4-5-15-11(14-2)10(9)13/h4-5,8H,6-7H2,1-3H3,(H,14,15)(H,16,17). The number of pyridine rings is 1. The van der Waals surface area contributed by atoms with Crippen LogP contribution in [-0.4, -0.2) is 36.5 Å². The average molecular weight is 271 g/mol. The highest BCUT2D eigenvalue weighted by atomic mass is 32.2. The van der Waals surface area contributed by atoms with Crippen LogP contribution in [0.4, 0.5) is 10.2 Å². The lowest BCUT2D eigenvalue weighted by atomic mass is 10.2. The Kier molecular flexibility index (Phi) is 5.91. The molecule has 0 aliphatic rings. The van der Waals surface area contributed by atoms with Crippen LogP contribution in [0.3, 0.4) is 0 Å². The highest BCUT2D eigenvalue weighted by Gasteiger charge is 2.15. The zero-order valence-corrected chi connectivity index (χ0v) is 11.6. The summed E-state index contributed by atoms with van der Waals surface area (Å²) in [6, 6.07) is 1.38. The number of nitrogens with one attached hydrogen (secondary N) is 2. The quantitative estimate of drug-likeness (QED) is 0.831. The zero-order chi connectivity index (χ0) is 13.5. The molecular weight excluding hydrogens is 253 g/mol. The van der Waals surface area contributed by atoms with Crippen LogP contribution in [0.5, 0.6) is 0 Å². The second-order valence-corrected chi connectivity index (χ2v) is 4.95. The molecule has 0 saturated carbocycles. The molecule has 1 aromatic heterocycles. The van der Waals surface area contributed by atoms with Gasteiger partial charge in [0.1, 0.15) is 0 Å². The van der Waals surface area contributed by atoms with E-state index in [4.69, 9.17) is 0 Å². The van der Waals surface area contributed by atoms with Crippen molar-refractivity contribution in [3.8, 4) is 0 Å². The normalized spacial score (nSPS) is 12.0. The number of carbonyl (C=O) groups is 1. The number of halogens is 1. The maximum atomic E-state index is 13.8. The van der Waals surface area contributed by atoms with Crippen LogP contribution in [0.2, 0.25) is 0 Å². The zero-order valence-electron chi connectivity index (χ0n) is 10.8. The van der Waals surface area contributed by atoms with Crippen LogP contribution in [0, 0.1) is 11.7 Å². The highest BCUT2D eigenvalue weighted by molar-refractivity contribution is 7.98. The maximum Gasteiger partial charge on any atom is 0.254 e. The fourth-order valence-electron chi connectivity index (χ4n) is 1.50. The van der Waals surface area contributed by atoms with Gasteiger partial charge in [0.2, 0.25) is 0 Å². The Morgan fingerprint density at radius 3 is 2.94 bits per heavy atom. The Morgan fingerprint density at radius 2 is 2.33 bits per heavy atom. The van der Waals surface area contributed by atoms with Gasteiger partial charge >= 0.3 is 0 Å². The van der Waals surface area contributed by atoms with Gasteiger partial charge in [0.25, 0.3) is 5.91 Å². The van der Waals surface area contributed by atoms with Gasteiger partial charge in [-0.3, -0.25) is 4.79 Å². The SMILES string of the molecule is CNc1nccc(C(=O)NCC(C)CSC)c1F. The minimum absolute atomic E-state index is 0.0192. The molecule has 0 aliphatic heterocycles. The van der Waals surface area contributed by atoms with Crippen molar-refractivity contribution in [3.05, 3.63) is 23.6 Å². The summed E-state index contributed by atoms with van der Waals surface area (Å²) in [7, 11) is 1.56. The largest absolute Gasteiger partial charge is 0.371 e. The third kappa shape index (κ3) is 3.87. The first-order chi connectivity index (χ1) is 8.60. The number of amides is 1. The van der Waals surface area contributed by atoms with Gasteiger partial charge in [-0.05, 0) is 24.0 Å². The third-order valence-corrected chi connectivity index (χ3v) is 3.34. The summed E-state index contributed by atoms with van der Waals surface area (Å²) in [5, 5.41) is 5.33. The van der Waals surface area contributed by atoms with Crippen molar-refractivity contribution in [2.24, 2.45) is 5.92 Å². The number of hydrogen-bond donors (Lipinski definition) is 2. The molecule has 1 amide bonds. The van der Waals surface area contributed by atoms with E-state index in [1.165, 1.54) is 12.3 Å². The Bertz CT molecular complexity index is 414. The first kappa shape index (κ1) is 14.8. The lowest BCUT2D eigenvalue weighted by Gasteiger charge is -2.12. The van der Waals surface area contributed by atoms with Gasteiger partial charge in [-0.2, -0.15) is 11.8 Å². The second kappa shape index (κ2) is 7.20. The Balaban J connectivity index is 2.67. The van der Waals surface area contributed by atoms with Gasteiger partial charge in [-0.1, -0.05) is 6.92 Å². The number of aromatic nitrogens is 1. The molecule has 18 heavy (non-hydrogen) atoms. The fourth-order valence-corrected chi connectivity index (χ4v) is 2.19. The van der Waals surface area contributed by atoms with Crippen LogP contribution in [0.1, 0.15) is 17.3 Å². The van der Waals surface area contributed by atoms with Crippen LogP contribution >= 0.6 is 11.8 Å². The van der Waals surface area contributed by atoms with E-state index in [1.54, 1.807) is 18.8 Å². The smallest absolute Gasteiger partial charge is 0.254 e. The molecule has 1 atom stereocenters. The number of rotatable bonds is 6. The Labute approximate surface area is 111 Å². The Morgan fingerprint density at radius 1 is 1.61 bits per heavy atom. The molecule has 4 nitrogen and oxygen atoms in total. The van der Waals surface area contributed by atoms with Gasteiger partial charge in [0.15, 0.2) is 11.6 Å². The molecule has 6 heteroatoms. The summed E-state index contributed by atoms with van der Waals surface area (Å²) >= 11 is 1.72. The van der Waals surface area contributed by atoms with Gasteiger partial charge < -0.3 is 10.6 Å². The molecule has 0 aromatic carbocycles. The molecule has 0 radical (unpaired) electrons. The first-order valence-corrected chi connectivity index (χ1v) is 7.09. The van der Waals surface area contributed by atoms with Crippen molar-refractivity contribution in [1.29, 1.82) is 0 Å². The van der Waals surface area contributed by atoms with Gasteiger partial charge in [0.05, 0.1) is 5.56 Å². The molecule has 1 unspecified atom stereocenters. The molecule has 100 valence electrons. The highest BCUT2D eigenvalue weighted by Crippen LogP contribution is 2.14. The summed E-state index contributed by atoms with van der Waals surface area (Å²) in [5.74, 6) is 0.382. The monoisotopic (exact) mass is 271 g/mol. The summed E-state index contributed by atoms with van der Waals surface area (Å²) in [5.41, 5.74) is 0.0192. The van der Waals surface area contributed by atoms with Crippen molar-refractivity contribution in [2.45, 2.75) is 6.92 Å². The molecule has 2 N–H and O–H groups in total. The average Bonchev–Trinajstić information content (AvgIpc) is 2.36. The summed E-state index contributed by atoms with van der Waals surface area (Å²) in [4.78, 5) is 15.6. The van der Waals surface area contributed by atoms with E-state index in [0.29, 0.717) is 12.5 Å². The predicted octanol–water partition coefficient (Wildman–Crippen LogP) is 1.99. The summed E-state index contributed by atoms with van der Waals surface area (Å²) < 4.78 is 13.8. The van der Waals surface area contributed by atoms with E-state index in [2.05, 4.69) is 15.6 Å².